The second-order valence-corrected chi connectivity index (χ2v) is 8.11. The molecule has 0 radical (unpaired) electrons. The van der Waals surface area contributed by atoms with Crippen LogP contribution in [0, 0.1) is 12.7 Å². The van der Waals surface area contributed by atoms with Gasteiger partial charge in [-0.3, -0.25) is 9.59 Å². The van der Waals surface area contributed by atoms with Gasteiger partial charge in [0.1, 0.15) is 11.6 Å². The first kappa shape index (κ1) is 20.2. The predicted octanol–water partition coefficient (Wildman–Crippen LogP) is 3.57. The maximum Gasteiger partial charge on any atom is 0.295 e. The Kier molecular flexibility index (Phi) is 5.96. The number of carbonyl (C=O) groups excluding carboxylic acids is 2. The number of likely N-dealkylation sites (tertiary alicyclic amines) is 1. The molecule has 1 aromatic heterocycles. The minimum atomic E-state index is -0.706. The third-order valence-corrected chi connectivity index (χ3v) is 5.71. The van der Waals surface area contributed by atoms with Crippen molar-refractivity contribution in [3.05, 3.63) is 63.1 Å². The lowest BCUT2D eigenvalue weighted by Gasteiger charge is -2.24. The fourth-order valence-corrected chi connectivity index (χ4v) is 4.20. The number of hydrogen-bond acceptors (Lipinski definition) is 5. The molecular formula is C21H23FN2O3S. The zero-order chi connectivity index (χ0) is 20.4. The number of carbonyl (C=O) groups is 2. The highest BCUT2D eigenvalue weighted by atomic mass is 32.1. The molecule has 1 amide bonds. The standard InChI is InChI=1S/C21H23FN2O3S/c1-13-12-14(7-8-15(13)22)19(25)17-18(16-6-4-11-28-16)24(21(27)20(17)26)10-5-9-23(2)3/h4,6-8,11-12,18,25H,5,9-10H2,1-3H3/b19-17-. The number of Topliss-reactive ketones (excluding diaryl/α,β-unsaturated/α-hetero) is 1. The average molecular weight is 402 g/mol. The van der Waals surface area contributed by atoms with Crippen molar-refractivity contribution < 1.29 is 19.1 Å². The molecule has 1 saturated heterocycles. The van der Waals surface area contributed by atoms with Crippen LogP contribution < -0.4 is 0 Å². The molecule has 0 aliphatic carbocycles. The minimum Gasteiger partial charge on any atom is -0.507 e. The lowest BCUT2D eigenvalue weighted by molar-refractivity contribution is -0.139. The molecule has 0 bridgehead atoms. The van der Waals surface area contributed by atoms with Gasteiger partial charge in [-0.15, -0.1) is 11.3 Å². The van der Waals surface area contributed by atoms with E-state index in [1.54, 1.807) is 6.92 Å². The molecule has 1 N–H and O–H groups in total. The molecule has 1 unspecified atom stereocenters. The number of rotatable bonds is 6. The van der Waals surface area contributed by atoms with Crippen LogP contribution in [0.3, 0.4) is 0 Å². The topological polar surface area (TPSA) is 60.9 Å². The van der Waals surface area contributed by atoms with Crippen molar-refractivity contribution in [2.75, 3.05) is 27.2 Å². The van der Waals surface area contributed by atoms with Crippen molar-refractivity contribution in [2.45, 2.75) is 19.4 Å². The van der Waals surface area contributed by atoms with Crippen LogP contribution in [0.4, 0.5) is 4.39 Å². The van der Waals surface area contributed by atoms with Crippen LogP contribution in [0.2, 0.25) is 0 Å². The maximum absolute atomic E-state index is 13.6. The van der Waals surface area contributed by atoms with Crippen molar-refractivity contribution in [2.24, 2.45) is 0 Å². The first-order valence-corrected chi connectivity index (χ1v) is 9.92. The number of aliphatic hydroxyl groups is 1. The quantitative estimate of drug-likeness (QED) is 0.456. The second-order valence-electron chi connectivity index (χ2n) is 7.13. The van der Waals surface area contributed by atoms with Crippen LogP contribution in [0.25, 0.3) is 5.76 Å². The molecule has 2 aromatic rings. The van der Waals surface area contributed by atoms with E-state index < -0.39 is 23.5 Å². The molecule has 7 heteroatoms. The van der Waals surface area contributed by atoms with Gasteiger partial charge in [-0.1, -0.05) is 6.07 Å². The highest BCUT2D eigenvalue weighted by molar-refractivity contribution is 7.10. The van der Waals surface area contributed by atoms with Gasteiger partial charge in [0.05, 0.1) is 11.6 Å². The van der Waals surface area contributed by atoms with Crippen LogP contribution in [0.1, 0.15) is 28.5 Å². The van der Waals surface area contributed by atoms with Crippen LogP contribution in [0.15, 0.2) is 41.3 Å². The lowest BCUT2D eigenvalue weighted by Crippen LogP contribution is -2.32. The molecule has 0 spiro atoms. The predicted molar refractivity (Wildman–Crippen MR) is 108 cm³/mol. The van der Waals surface area contributed by atoms with Crippen molar-refractivity contribution in [3.8, 4) is 0 Å². The highest BCUT2D eigenvalue weighted by Crippen LogP contribution is 2.41. The monoisotopic (exact) mass is 402 g/mol. The second kappa shape index (κ2) is 8.24. The molecule has 0 saturated carbocycles. The van der Waals surface area contributed by atoms with E-state index >= 15 is 0 Å². The number of aliphatic hydroxyl groups excluding tert-OH is 1. The fourth-order valence-electron chi connectivity index (χ4n) is 3.36. The summed E-state index contributed by atoms with van der Waals surface area (Å²) in [6, 6.07) is 7.22. The molecular weight excluding hydrogens is 379 g/mol. The molecule has 1 aliphatic heterocycles. The summed E-state index contributed by atoms with van der Waals surface area (Å²) in [7, 11) is 3.89. The Morgan fingerprint density at radius 3 is 2.64 bits per heavy atom. The summed E-state index contributed by atoms with van der Waals surface area (Å²) in [6.07, 6.45) is 0.706. The Labute approximate surface area is 167 Å². The Morgan fingerprint density at radius 2 is 2.04 bits per heavy atom. The van der Waals surface area contributed by atoms with Gasteiger partial charge in [0.15, 0.2) is 0 Å². The number of amides is 1. The van der Waals surface area contributed by atoms with Gasteiger partial charge in [-0.05, 0) is 69.2 Å². The van der Waals surface area contributed by atoms with E-state index in [0.29, 0.717) is 24.1 Å². The summed E-state index contributed by atoms with van der Waals surface area (Å²) in [5, 5.41) is 12.8. The van der Waals surface area contributed by atoms with Gasteiger partial charge in [-0.2, -0.15) is 0 Å². The number of nitrogens with zero attached hydrogens (tertiary/aromatic N) is 2. The fraction of sp³-hybridized carbons (Fsp3) is 0.333. The Hall–Kier alpha value is -2.51. The Bertz CT molecular complexity index is 922. The van der Waals surface area contributed by atoms with E-state index in [-0.39, 0.29) is 11.3 Å². The highest BCUT2D eigenvalue weighted by Gasteiger charge is 2.46. The number of hydrogen-bond donors (Lipinski definition) is 1. The third kappa shape index (κ3) is 3.86. The van der Waals surface area contributed by atoms with Gasteiger partial charge in [0, 0.05) is 17.0 Å². The number of aryl methyl sites for hydroxylation is 1. The molecule has 1 fully saturated rings. The van der Waals surface area contributed by atoms with E-state index in [4.69, 9.17) is 0 Å². The summed E-state index contributed by atoms with van der Waals surface area (Å²) in [6.45, 7) is 2.77. The SMILES string of the molecule is Cc1cc(/C(O)=C2/C(=O)C(=O)N(CCCN(C)C)C2c2cccs2)ccc1F. The van der Waals surface area contributed by atoms with Crippen LogP contribution in [0.5, 0.6) is 0 Å². The van der Waals surface area contributed by atoms with Crippen molar-refractivity contribution in [1.82, 2.24) is 9.80 Å². The molecule has 5 nitrogen and oxygen atoms in total. The summed E-state index contributed by atoms with van der Waals surface area (Å²) in [4.78, 5) is 29.9. The number of benzene rings is 1. The number of halogens is 1. The van der Waals surface area contributed by atoms with Gasteiger partial charge in [0.25, 0.3) is 11.7 Å². The summed E-state index contributed by atoms with van der Waals surface area (Å²) in [5.41, 5.74) is 0.743. The molecule has 148 valence electrons. The summed E-state index contributed by atoms with van der Waals surface area (Å²) >= 11 is 1.43. The first-order valence-electron chi connectivity index (χ1n) is 9.04. The first-order chi connectivity index (χ1) is 13.3. The van der Waals surface area contributed by atoms with Gasteiger partial charge in [-0.25, -0.2) is 4.39 Å². The zero-order valence-corrected chi connectivity index (χ0v) is 16.9. The Morgan fingerprint density at radius 1 is 1.29 bits per heavy atom. The maximum atomic E-state index is 13.6. The number of thiophene rings is 1. The largest absolute Gasteiger partial charge is 0.507 e. The normalized spacial score (nSPS) is 19.0. The zero-order valence-electron chi connectivity index (χ0n) is 16.1. The van der Waals surface area contributed by atoms with Crippen LogP contribution >= 0.6 is 11.3 Å². The van der Waals surface area contributed by atoms with Crippen LogP contribution in [-0.2, 0) is 9.59 Å². The van der Waals surface area contributed by atoms with E-state index in [1.807, 2.05) is 36.5 Å². The molecule has 28 heavy (non-hydrogen) atoms. The van der Waals surface area contributed by atoms with E-state index in [9.17, 15) is 19.1 Å². The third-order valence-electron chi connectivity index (χ3n) is 4.79. The molecule has 2 heterocycles. The van der Waals surface area contributed by atoms with E-state index in [0.717, 1.165) is 11.4 Å². The van der Waals surface area contributed by atoms with Crippen molar-refractivity contribution >= 4 is 28.8 Å². The van der Waals surface area contributed by atoms with Gasteiger partial charge < -0.3 is 14.9 Å². The molecule has 3 rings (SSSR count). The van der Waals surface area contributed by atoms with Crippen LogP contribution in [-0.4, -0.2) is 53.8 Å². The van der Waals surface area contributed by atoms with Gasteiger partial charge in [0.2, 0.25) is 0 Å². The number of ketones is 1. The molecule has 1 aromatic carbocycles. The van der Waals surface area contributed by atoms with Crippen molar-refractivity contribution in [3.63, 3.8) is 0 Å². The van der Waals surface area contributed by atoms with E-state index in [1.165, 1.54) is 34.4 Å². The Balaban J connectivity index is 2.05. The lowest BCUT2D eigenvalue weighted by atomic mass is 9.99. The molecule has 1 aliphatic rings. The summed E-state index contributed by atoms with van der Waals surface area (Å²) in [5.74, 6) is -1.98. The van der Waals surface area contributed by atoms with E-state index in [2.05, 4.69) is 0 Å². The van der Waals surface area contributed by atoms with Crippen molar-refractivity contribution in [1.29, 1.82) is 0 Å². The van der Waals surface area contributed by atoms with Gasteiger partial charge >= 0.3 is 0 Å². The summed E-state index contributed by atoms with van der Waals surface area (Å²) < 4.78 is 13.6. The molecule has 1 atom stereocenters. The smallest absolute Gasteiger partial charge is 0.295 e. The average Bonchev–Trinajstić information content (AvgIpc) is 3.25. The minimum absolute atomic E-state index is 0.0586.